The molecule has 0 aliphatic rings. The first kappa shape index (κ1) is 19.6. The van der Waals surface area contributed by atoms with Gasteiger partial charge in [-0.2, -0.15) is 4.98 Å². The minimum Gasteiger partial charge on any atom is -0.467 e. The molecule has 0 spiro atoms. The second-order valence-electron chi connectivity index (χ2n) is 6.33. The van der Waals surface area contributed by atoms with E-state index in [4.69, 9.17) is 9.15 Å². The highest BCUT2D eigenvalue weighted by Crippen LogP contribution is 2.25. The van der Waals surface area contributed by atoms with Crippen molar-refractivity contribution >= 4 is 23.2 Å². The molecular formula is C21H18N4O4S. The lowest BCUT2D eigenvalue weighted by atomic mass is 10.3. The van der Waals surface area contributed by atoms with Crippen LogP contribution in [0, 0.1) is 0 Å². The van der Waals surface area contributed by atoms with Crippen molar-refractivity contribution in [2.24, 2.45) is 0 Å². The van der Waals surface area contributed by atoms with Crippen LogP contribution in [0.5, 0.6) is 0 Å². The van der Waals surface area contributed by atoms with Gasteiger partial charge in [-0.3, -0.25) is 4.79 Å². The van der Waals surface area contributed by atoms with E-state index < -0.39 is 18.0 Å². The summed E-state index contributed by atoms with van der Waals surface area (Å²) in [4.78, 5) is 30.0. The van der Waals surface area contributed by atoms with Crippen molar-refractivity contribution in [2.75, 3.05) is 0 Å². The van der Waals surface area contributed by atoms with E-state index in [2.05, 4.69) is 15.4 Å². The molecule has 0 saturated heterocycles. The number of benzene rings is 1. The van der Waals surface area contributed by atoms with Crippen LogP contribution in [0.25, 0.3) is 16.4 Å². The van der Waals surface area contributed by atoms with Crippen LogP contribution < -0.4 is 5.32 Å². The van der Waals surface area contributed by atoms with Crippen LogP contribution in [-0.4, -0.2) is 32.7 Å². The molecule has 0 radical (unpaired) electrons. The number of furan rings is 1. The van der Waals surface area contributed by atoms with Crippen molar-refractivity contribution in [1.82, 2.24) is 20.1 Å². The summed E-state index contributed by atoms with van der Waals surface area (Å²) in [7, 11) is 0. The zero-order valence-electron chi connectivity index (χ0n) is 16.0. The van der Waals surface area contributed by atoms with Gasteiger partial charge in [0.2, 0.25) is 0 Å². The molecule has 152 valence electrons. The Morgan fingerprint density at radius 3 is 2.70 bits per heavy atom. The van der Waals surface area contributed by atoms with Crippen molar-refractivity contribution < 1.29 is 18.7 Å². The zero-order valence-corrected chi connectivity index (χ0v) is 16.8. The Hall–Kier alpha value is -3.72. The van der Waals surface area contributed by atoms with Crippen LogP contribution in [0.3, 0.4) is 0 Å². The molecule has 3 aromatic heterocycles. The van der Waals surface area contributed by atoms with Crippen LogP contribution in [0.1, 0.15) is 23.3 Å². The third-order valence-electron chi connectivity index (χ3n) is 4.20. The number of nitrogens with zero attached hydrogens (tertiary/aromatic N) is 3. The van der Waals surface area contributed by atoms with Gasteiger partial charge in [-0.1, -0.05) is 24.3 Å². The second kappa shape index (κ2) is 8.75. The molecule has 1 unspecified atom stereocenters. The largest absolute Gasteiger partial charge is 0.467 e. The van der Waals surface area contributed by atoms with Gasteiger partial charge in [0, 0.05) is 0 Å². The van der Waals surface area contributed by atoms with E-state index in [1.807, 2.05) is 47.8 Å². The average molecular weight is 422 g/mol. The molecule has 1 atom stereocenters. The third kappa shape index (κ3) is 4.31. The second-order valence-corrected chi connectivity index (χ2v) is 7.28. The summed E-state index contributed by atoms with van der Waals surface area (Å²) in [6.45, 7) is 1.70. The Bertz CT molecular complexity index is 1120. The lowest BCUT2D eigenvalue weighted by molar-refractivity contribution is -0.129. The number of carbonyl (C=O) groups excluding carboxylic acids is 2. The Balaban J connectivity index is 1.50. The first-order valence-electron chi connectivity index (χ1n) is 9.19. The average Bonchev–Trinajstić information content (AvgIpc) is 3.53. The predicted octanol–water partition coefficient (Wildman–Crippen LogP) is 3.45. The van der Waals surface area contributed by atoms with Gasteiger partial charge in [-0.25, -0.2) is 9.48 Å². The van der Waals surface area contributed by atoms with Crippen molar-refractivity contribution in [1.29, 1.82) is 0 Å². The van der Waals surface area contributed by atoms with Gasteiger partial charge in [0.25, 0.3) is 11.7 Å². The topological polar surface area (TPSA) is 99.2 Å². The number of rotatable bonds is 7. The van der Waals surface area contributed by atoms with Crippen molar-refractivity contribution in [3.05, 3.63) is 77.8 Å². The summed E-state index contributed by atoms with van der Waals surface area (Å²) in [5, 5.41) is 8.90. The molecule has 8 nitrogen and oxygen atoms in total. The normalized spacial score (nSPS) is 11.8. The van der Waals surface area contributed by atoms with Crippen molar-refractivity contribution in [3.8, 4) is 16.4 Å². The Morgan fingerprint density at radius 2 is 2.00 bits per heavy atom. The van der Waals surface area contributed by atoms with E-state index in [1.165, 1.54) is 24.5 Å². The van der Waals surface area contributed by atoms with Gasteiger partial charge in [0.05, 0.1) is 23.4 Å². The molecule has 4 rings (SSSR count). The number of hydrogen-bond acceptors (Lipinski definition) is 7. The van der Waals surface area contributed by atoms with E-state index in [0.29, 0.717) is 11.6 Å². The summed E-state index contributed by atoms with van der Waals surface area (Å²) >= 11 is 1.49. The van der Waals surface area contributed by atoms with Gasteiger partial charge in [-0.15, -0.1) is 16.4 Å². The number of aromatic nitrogens is 3. The number of amides is 1. The van der Waals surface area contributed by atoms with E-state index in [0.717, 1.165) is 10.6 Å². The quantitative estimate of drug-likeness (QED) is 0.458. The molecule has 9 heteroatoms. The smallest absolute Gasteiger partial charge is 0.379 e. The summed E-state index contributed by atoms with van der Waals surface area (Å²) in [6.07, 6.45) is 0.506. The number of nitrogens with one attached hydrogen (secondary N) is 1. The summed E-state index contributed by atoms with van der Waals surface area (Å²) < 4.78 is 12.0. The molecular weight excluding hydrogens is 404 g/mol. The molecule has 1 N–H and O–H groups in total. The van der Waals surface area contributed by atoms with Gasteiger partial charge < -0.3 is 14.5 Å². The lowest BCUT2D eigenvalue weighted by Gasteiger charge is -2.11. The van der Waals surface area contributed by atoms with Crippen molar-refractivity contribution in [2.45, 2.75) is 19.6 Å². The number of para-hydroxylation sites is 1. The lowest BCUT2D eigenvalue weighted by Crippen LogP contribution is -2.35. The van der Waals surface area contributed by atoms with Crippen LogP contribution in [0.4, 0.5) is 0 Å². The van der Waals surface area contributed by atoms with Gasteiger partial charge >= 0.3 is 5.97 Å². The Kier molecular flexibility index (Phi) is 5.71. The molecule has 1 amide bonds. The maximum Gasteiger partial charge on any atom is 0.379 e. The number of ether oxygens (including phenoxy) is 1. The minimum absolute atomic E-state index is 0.118. The highest BCUT2D eigenvalue weighted by Gasteiger charge is 2.24. The van der Waals surface area contributed by atoms with Crippen LogP contribution >= 0.6 is 11.3 Å². The Morgan fingerprint density at radius 1 is 1.17 bits per heavy atom. The van der Waals surface area contributed by atoms with E-state index >= 15 is 0 Å². The standard InChI is InChI=1S/C21H18N4O4S/c1-14(20(26)22-13-16-9-5-11-28-16)29-21(27)18-23-19(17-10-6-12-30-17)25(24-18)15-7-3-2-4-8-15/h2-12,14H,13H2,1H3,(H,22,26). The first-order valence-corrected chi connectivity index (χ1v) is 10.1. The van der Waals surface area contributed by atoms with Gasteiger partial charge in [0.1, 0.15) is 5.76 Å². The molecule has 3 heterocycles. The molecule has 0 bridgehead atoms. The fourth-order valence-electron chi connectivity index (χ4n) is 2.71. The first-order chi connectivity index (χ1) is 14.6. The molecule has 4 aromatic rings. The third-order valence-corrected chi connectivity index (χ3v) is 5.07. The van der Waals surface area contributed by atoms with Crippen LogP contribution in [-0.2, 0) is 16.1 Å². The fourth-order valence-corrected chi connectivity index (χ4v) is 3.41. The number of esters is 1. The van der Waals surface area contributed by atoms with Gasteiger partial charge in [-0.05, 0) is 42.6 Å². The fraction of sp³-hybridized carbons (Fsp3) is 0.143. The summed E-state index contributed by atoms with van der Waals surface area (Å²) in [6, 6.07) is 16.6. The van der Waals surface area contributed by atoms with E-state index in [-0.39, 0.29) is 12.4 Å². The number of thiophene rings is 1. The highest BCUT2D eigenvalue weighted by atomic mass is 32.1. The molecule has 0 fully saturated rings. The van der Waals surface area contributed by atoms with E-state index in [1.54, 1.807) is 16.8 Å². The number of hydrogen-bond donors (Lipinski definition) is 1. The van der Waals surface area contributed by atoms with Crippen molar-refractivity contribution in [3.63, 3.8) is 0 Å². The molecule has 0 aliphatic heterocycles. The summed E-state index contributed by atoms with van der Waals surface area (Å²) in [5.41, 5.74) is 0.761. The molecule has 0 saturated carbocycles. The predicted molar refractivity (Wildman–Crippen MR) is 110 cm³/mol. The molecule has 1 aromatic carbocycles. The van der Waals surface area contributed by atoms with Crippen LogP contribution in [0.15, 0.2) is 70.7 Å². The van der Waals surface area contributed by atoms with Gasteiger partial charge in [0.15, 0.2) is 11.9 Å². The zero-order chi connectivity index (χ0) is 20.9. The molecule has 0 aliphatic carbocycles. The van der Waals surface area contributed by atoms with E-state index in [9.17, 15) is 9.59 Å². The SMILES string of the molecule is CC(OC(=O)c1nc(-c2cccs2)n(-c2ccccc2)n1)C(=O)NCc1ccco1. The minimum atomic E-state index is -1.01. The maximum absolute atomic E-state index is 12.6. The highest BCUT2D eigenvalue weighted by molar-refractivity contribution is 7.13. The molecule has 30 heavy (non-hydrogen) atoms. The summed E-state index contributed by atoms with van der Waals surface area (Å²) in [5.74, 6) is -0.208. The Labute approximate surface area is 176 Å². The maximum atomic E-state index is 12.6. The van der Waals surface area contributed by atoms with Crippen LogP contribution in [0.2, 0.25) is 0 Å². The monoisotopic (exact) mass is 422 g/mol. The number of carbonyl (C=O) groups is 2.